The van der Waals surface area contributed by atoms with Crippen LogP contribution in [-0.2, 0) is 6.42 Å². The van der Waals surface area contributed by atoms with Gasteiger partial charge in [-0.2, -0.15) is 0 Å². The summed E-state index contributed by atoms with van der Waals surface area (Å²) in [4.78, 5) is 15.6. The number of rotatable bonds is 6. The van der Waals surface area contributed by atoms with Crippen LogP contribution in [0.1, 0.15) is 5.69 Å². The Labute approximate surface area is 151 Å². The van der Waals surface area contributed by atoms with Crippen LogP contribution in [0, 0.1) is 0 Å². The summed E-state index contributed by atoms with van der Waals surface area (Å²) in [5, 5.41) is 0. The molecule has 130 valence electrons. The van der Waals surface area contributed by atoms with E-state index in [1.165, 1.54) is 0 Å². The smallest absolute Gasteiger partial charge is 0.225 e. The summed E-state index contributed by atoms with van der Waals surface area (Å²) in [7, 11) is 1.97. The van der Waals surface area contributed by atoms with Crippen molar-refractivity contribution in [1.29, 1.82) is 0 Å². The Balaban J connectivity index is 1.62. The van der Waals surface area contributed by atoms with Crippen molar-refractivity contribution in [3.05, 3.63) is 73.1 Å². The number of anilines is 1. The molecule has 0 atom stereocenters. The highest BCUT2D eigenvalue weighted by atomic mass is 16.3. The van der Waals surface area contributed by atoms with Crippen LogP contribution in [0.5, 0.6) is 0 Å². The monoisotopic (exact) mass is 346 g/mol. The lowest BCUT2D eigenvalue weighted by atomic mass is 10.1. The number of nitrogens with zero attached hydrogens (tertiary/aromatic N) is 4. The summed E-state index contributed by atoms with van der Waals surface area (Å²) >= 11 is 0. The molecule has 0 aliphatic carbocycles. The molecule has 0 saturated heterocycles. The van der Waals surface area contributed by atoms with Crippen molar-refractivity contribution >= 4 is 5.95 Å². The first kappa shape index (κ1) is 16.1. The van der Waals surface area contributed by atoms with Gasteiger partial charge >= 0.3 is 0 Å². The molecule has 0 bridgehead atoms. The van der Waals surface area contributed by atoms with Gasteiger partial charge in [0.2, 0.25) is 5.95 Å². The number of hydrogen-bond donors (Lipinski definition) is 0. The van der Waals surface area contributed by atoms with E-state index < -0.39 is 0 Å². The topological polar surface area (TPSA) is 68.2 Å². The zero-order valence-corrected chi connectivity index (χ0v) is 14.4. The predicted molar refractivity (Wildman–Crippen MR) is 98.6 cm³/mol. The minimum absolute atomic E-state index is 0.627. The molecule has 0 fully saturated rings. The standard InChI is InChI=1S/C20H18N4O2/c1-24(11-9-15-6-2-3-10-21-15)20-22-14-16(17-7-4-12-25-17)19(23-20)18-8-5-13-26-18/h2-8,10,12-14H,9,11H2,1H3. The lowest BCUT2D eigenvalue weighted by molar-refractivity contribution is 0.573. The Morgan fingerprint density at radius 2 is 1.73 bits per heavy atom. The van der Waals surface area contributed by atoms with Crippen molar-refractivity contribution in [3.8, 4) is 22.8 Å². The molecule has 0 aliphatic rings. The SMILES string of the molecule is CN(CCc1ccccn1)c1ncc(-c2ccco2)c(-c2ccco2)n1. The molecule has 0 spiro atoms. The molecule has 4 aromatic heterocycles. The van der Waals surface area contributed by atoms with Gasteiger partial charge in [0, 0.05) is 38.1 Å². The number of hydrogen-bond acceptors (Lipinski definition) is 6. The number of furan rings is 2. The van der Waals surface area contributed by atoms with E-state index in [0.717, 1.165) is 24.2 Å². The van der Waals surface area contributed by atoms with Crippen molar-refractivity contribution < 1.29 is 8.83 Å². The molecule has 0 amide bonds. The second-order valence-electron chi connectivity index (χ2n) is 5.88. The van der Waals surface area contributed by atoms with Crippen molar-refractivity contribution in [2.45, 2.75) is 6.42 Å². The Morgan fingerprint density at radius 3 is 2.42 bits per heavy atom. The highest BCUT2D eigenvalue weighted by molar-refractivity contribution is 5.75. The third kappa shape index (κ3) is 3.35. The first-order chi connectivity index (χ1) is 12.8. The molecular formula is C20H18N4O2. The highest BCUT2D eigenvalue weighted by Crippen LogP contribution is 2.31. The third-order valence-electron chi connectivity index (χ3n) is 4.09. The Morgan fingerprint density at radius 1 is 0.923 bits per heavy atom. The molecule has 6 heteroatoms. The summed E-state index contributed by atoms with van der Waals surface area (Å²) in [5.74, 6) is 2.01. The van der Waals surface area contributed by atoms with Gasteiger partial charge in [-0.15, -0.1) is 0 Å². The van der Waals surface area contributed by atoms with Gasteiger partial charge < -0.3 is 13.7 Å². The minimum Gasteiger partial charge on any atom is -0.464 e. The summed E-state index contributed by atoms with van der Waals surface area (Å²) < 4.78 is 11.1. The average Bonchev–Trinajstić information content (AvgIpc) is 3.40. The third-order valence-corrected chi connectivity index (χ3v) is 4.09. The largest absolute Gasteiger partial charge is 0.464 e. The van der Waals surface area contributed by atoms with Gasteiger partial charge in [0.05, 0.1) is 18.1 Å². The quantitative estimate of drug-likeness (QED) is 0.524. The van der Waals surface area contributed by atoms with E-state index in [4.69, 9.17) is 13.8 Å². The molecule has 0 saturated carbocycles. The predicted octanol–water partition coefficient (Wildman–Crippen LogP) is 4.07. The van der Waals surface area contributed by atoms with E-state index in [1.807, 2.05) is 54.4 Å². The number of pyridine rings is 1. The van der Waals surface area contributed by atoms with E-state index >= 15 is 0 Å². The van der Waals surface area contributed by atoms with Crippen molar-refractivity contribution in [3.63, 3.8) is 0 Å². The van der Waals surface area contributed by atoms with E-state index in [2.05, 4.69) is 9.97 Å². The first-order valence-corrected chi connectivity index (χ1v) is 8.37. The van der Waals surface area contributed by atoms with Crippen LogP contribution in [-0.4, -0.2) is 28.5 Å². The van der Waals surface area contributed by atoms with Crippen LogP contribution in [0.2, 0.25) is 0 Å². The zero-order valence-electron chi connectivity index (χ0n) is 14.4. The normalized spacial score (nSPS) is 10.8. The molecule has 4 aromatic rings. The fraction of sp³-hybridized carbons (Fsp3) is 0.150. The van der Waals surface area contributed by atoms with Crippen LogP contribution in [0.25, 0.3) is 22.8 Å². The minimum atomic E-state index is 0.627. The van der Waals surface area contributed by atoms with E-state index in [1.54, 1.807) is 24.9 Å². The van der Waals surface area contributed by atoms with E-state index in [9.17, 15) is 0 Å². The van der Waals surface area contributed by atoms with Gasteiger partial charge in [0.25, 0.3) is 0 Å². The summed E-state index contributed by atoms with van der Waals surface area (Å²) in [5.41, 5.74) is 2.55. The Kier molecular flexibility index (Phi) is 4.47. The van der Waals surface area contributed by atoms with Gasteiger partial charge in [-0.1, -0.05) is 6.07 Å². The number of likely N-dealkylation sites (N-methyl/N-ethyl adjacent to an activating group) is 1. The fourth-order valence-electron chi connectivity index (χ4n) is 2.70. The van der Waals surface area contributed by atoms with Crippen LogP contribution in [0.3, 0.4) is 0 Å². The van der Waals surface area contributed by atoms with Crippen LogP contribution < -0.4 is 4.90 Å². The van der Waals surface area contributed by atoms with Crippen LogP contribution >= 0.6 is 0 Å². The van der Waals surface area contributed by atoms with E-state index in [-0.39, 0.29) is 0 Å². The van der Waals surface area contributed by atoms with Crippen molar-refractivity contribution in [2.24, 2.45) is 0 Å². The van der Waals surface area contributed by atoms with Crippen LogP contribution in [0.15, 0.2) is 76.2 Å². The Bertz CT molecular complexity index is 951. The zero-order chi connectivity index (χ0) is 17.8. The molecule has 0 unspecified atom stereocenters. The second-order valence-corrected chi connectivity index (χ2v) is 5.88. The average molecular weight is 346 g/mol. The maximum atomic E-state index is 5.56. The maximum absolute atomic E-state index is 5.56. The summed E-state index contributed by atoms with van der Waals surface area (Å²) in [6.45, 7) is 0.759. The van der Waals surface area contributed by atoms with Crippen molar-refractivity contribution in [1.82, 2.24) is 15.0 Å². The Hall–Kier alpha value is -3.41. The highest BCUT2D eigenvalue weighted by Gasteiger charge is 2.17. The molecule has 4 heterocycles. The molecule has 0 aromatic carbocycles. The molecule has 0 N–H and O–H groups in total. The molecule has 6 nitrogen and oxygen atoms in total. The van der Waals surface area contributed by atoms with Crippen molar-refractivity contribution in [2.75, 3.05) is 18.5 Å². The molecule has 4 rings (SSSR count). The molecule has 0 aliphatic heterocycles. The lowest BCUT2D eigenvalue weighted by Gasteiger charge is -2.18. The lowest BCUT2D eigenvalue weighted by Crippen LogP contribution is -2.23. The van der Waals surface area contributed by atoms with Crippen LogP contribution in [0.4, 0.5) is 5.95 Å². The molecule has 26 heavy (non-hydrogen) atoms. The number of aromatic nitrogens is 3. The second kappa shape index (κ2) is 7.23. The van der Waals surface area contributed by atoms with Gasteiger partial charge in [0.15, 0.2) is 5.76 Å². The van der Waals surface area contributed by atoms with Gasteiger partial charge in [-0.05, 0) is 36.4 Å². The van der Waals surface area contributed by atoms with Gasteiger partial charge in [0.1, 0.15) is 11.5 Å². The summed E-state index contributed by atoms with van der Waals surface area (Å²) in [6, 6.07) is 13.4. The maximum Gasteiger partial charge on any atom is 0.225 e. The first-order valence-electron chi connectivity index (χ1n) is 8.37. The molecular weight excluding hydrogens is 328 g/mol. The van der Waals surface area contributed by atoms with E-state index in [0.29, 0.717) is 23.2 Å². The summed E-state index contributed by atoms with van der Waals surface area (Å²) in [6.07, 6.45) is 7.66. The van der Waals surface area contributed by atoms with Gasteiger partial charge in [-0.3, -0.25) is 4.98 Å². The fourth-order valence-corrected chi connectivity index (χ4v) is 2.70. The molecule has 0 radical (unpaired) electrons. The van der Waals surface area contributed by atoms with Gasteiger partial charge in [-0.25, -0.2) is 9.97 Å².